The molecule has 0 bridgehead atoms. The number of methoxy groups -OCH3 is 1. The van der Waals surface area contributed by atoms with Gasteiger partial charge in [-0.15, -0.1) is 0 Å². The molecule has 3 saturated heterocycles. The standard InChI is InChI=1S/C46H77NO16/c1-13-34-31(22-57-45-43(56-12)40(54)38(52)28(7)59-45)18-23(2)14-15-32(49)24(3)19-30(16-17-48)41(25(4)33(50)20-35(51)61-34)63-44-39(53)37(47(10)11)42(29(8)60-44)62-36-21-46(9,55)26(5)27(6)58-36/h14-15,17-18,24-31,33-34,36-45,50,52-55H,13,16,19-22H2,1-12H3/b15-14+,23-18+. The van der Waals surface area contributed by atoms with Crippen molar-refractivity contribution < 1.29 is 77.8 Å². The van der Waals surface area contributed by atoms with E-state index in [0.717, 1.165) is 6.29 Å². The van der Waals surface area contributed by atoms with Gasteiger partial charge in [0.1, 0.15) is 42.9 Å². The Morgan fingerprint density at radius 1 is 0.873 bits per heavy atom. The predicted octanol–water partition coefficient (Wildman–Crippen LogP) is 2.45. The zero-order valence-electron chi connectivity index (χ0n) is 39.3. The van der Waals surface area contributed by atoms with E-state index in [1.807, 2.05) is 26.8 Å². The molecule has 0 radical (unpaired) electrons. The lowest BCUT2D eigenvalue weighted by Crippen LogP contribution is -2.65. The third kappa shape index (κ3) is 13.5. The molecule has 21 atom stereocenters. The minimum Gasteiger partial charge on any atom is -0.462 e. The lowest BCUT2D eigenvalue weighted by Gasteiger charge is -2.50. The molecule has 0 aromatic carbocycles. The number of aliphatic hydroxyl groups is 5. The molecule has 17 nitrogen and oxygen atoms in total. The van der Waals surface area contributed by atoms with Gasteiger partial charge >= 0.3 is 5.97 Å². The highest BCUT2D eigenvalue weighted by Crippen LogP contribution is 2.39. The first-order chi connectivity index (χ1) is 29.5. The molecule has 0 aromatic rings. The first-order valence-corrected chi connectivity index (χ1v) is 22.6. The number of esters is 1. The highest BCUT2D eigenvalue weighted by Gasteiger charge is 2.51. The van der Waals surface area contributed by atoms with E-state index in [-0.39, 0.29) is 43.7 Å². The van der Waals surface area contributed by atoms with E-state index in [2.05, 4.69) is 0 Å². The molecule has 0 saturated carbocycles. The van der Waals surface area contributed by atoms with E-state index in [9.17, 15) is 39.9 Å². The van der Waals surface area contributed by atoms with Gasteiger partial charge in [0.2, 0.25) is 0 Å². The van der Waals surface area contributed by atoms with E-state index in [4.69, 9.17) is 37.9 Å². The van der Waals surface area contributed by atoms with Crippen LogP contribution in [0.25, 0.3) is 0 Å². The summed E-state index contributed by atoms with van der Waals surface area (Å²) in [6.07, 6.45) is -7.57. The molecule has 63 heavy (non-hydrogen) atoms. The van der Waals surface area contributed by atoms with Crippen molar-refractivity contribution >= 4 is 18.0 Å². The SMILES string of the molecule is CCC1OC(=O)CC(O)C(C)C(OC2OC(C)C(OC3CC(C)(O)C(C)C(C)O3)C(N(C)C)C2O)C(CC=O)CC(C)C(=O)/C=C/C(C)=C/C1COC1OC(C)C(O)C(O)C1OC. The van der Waals surface area contributed by atoms with Crippen molar-refractivity contribution in [2.75, 3.05) is 27.8 Å². The summed E-state index contributed by atoms with van der Waals surface area (Å²) >= 11 is 0. The Kier molecular flexibility index (Phi) is 19.9. The van der Waals surface area contributed by atoms with Crippen molar-refractivity contribution in [2.24, 2.45) is 29.6 Å². The highest BCUT2D eigenvalue weighted by atomic mass is 16.7. The van der Waals surface area contributed by atoms with Crippen LogP contribution in [0.3, 0.4) is 0 Å². The number of nitrogens with zero attached hydrogens (tertiary/aromatic N) is 1. The molecule has 4 rings (SSSR count). The lowest BCUT2D eigenvalue weighted by molar-refractivity contribution is -0.338. The van der Waals surface area contributed by atoms with Crippen LogP contribution in [-0.2, 0) is 52.3 Å². The van der Waals surface area contributed by atoms with Crippen molar-refractivity contribution in [3.63, 3.8) is 0 Å². The molecule has 21 unspecified atom stereocenters. The number of carbonyl (C=O) groups is 3. The Labute approximate surface area is 373 Å². The summed E-state index contributed by atoms with van der Waals surface area (Å²) in [5.74, 6) is -3.73. The van der Waals surface area contributed by atoms with Crippen LogP contribution in [0.1, 0.15) is 94.4 Å². The smallest absolute Gasteiger partial charge is 0.308 e. The van der Waals surface area contributed by atoms with Crippen LogP contribution in [0.5, 0.6) is 0 Å². The molecule has 17 heteroatoms. The van der Waals surface area contributed by atoms with Gasteiger partial charge in [-0.2, -0.15) is 0 Å². The van der Waals surface area contributed by atoms with Crippen molar-refractivity contribution in [3.05, 3.63) is 23.8 Å². The second kappa shape index (κ2) is 23.5. The Bertz CT molecular complexity index is 1540. The molecule has 0 aromatic heterocycles. The number of aliphatic hydroxyl groups excluding tert-OH is 4. The van der Waals surface area contributed by atoms with Crippen molar-refractivity contribution in [1.82, 2.24) is 4.90 Å². The third-order valence-corrected chi connectivity index (χ3v) is 13.8. The van der Waals surface area contributed by atoms with Gasteiger partial charge in [-0.05, 0) is 73.5 Å². The molecule has 4 aliphatic rings. The largest absolute Gasteiger partial charge is 0.462 e. The second-order valence-electron chi connectivity index (χ2n) is 18.9. The van der Waals surface area contributed by atoms with Crippen LogP contribution >= 0.6 is 0 Å². The average molecular weight is 900 g/mol. The highest BCUT2D eigenvalue weighted by molar-refractivity contribution is 5.91. The number of hydrogen-bond donors (Lipinski definition) is 5. The monoisotopic (exact) mass is 900 g/mol. The number of likely N-dealkylation sites (N-methyl/N-ethyl adjacent to an activating group) is 1. The van der Waals surface area contributed by atoms with Crippen LogP contribution in [-0.4, -0.2) is 174 Å². The normalized spacial score (nSPS) is 46.5. The Morgan fingerprint density at radius 3 is 2.14 bits per heavy atom. The fourth-order valence-electron chi connectivity index (χ4n) is 9.37. The van der Waals surface area contributed by atoms with Gasteiger partial charge in [0.25, 0.3) is 0 Å². The number of carbonyl (C=O) groups excluding carboxylic acids is 3. The molecule has 5 N–H and O–H groups in total. The molecule has 0 spiro atoms. The van der Waals surface area contributed by atoms with E-state index < -0.39 is 128 Å². The molecule has 0 amide bonds. The molecule has 362 valence electrons. The third-order valence-electron chi connectivity index (χ3n) is 13.8. The number of ether oxygens (including phenoxy) is 8. The average Bonchev–Trinajstić information content (AvgIpc) is 3.21. The summed E-state index contributed by atoms with van der Waals surface area (Å²) in [4.78, 5) is 41.5. The molecular weight excluding hydrogens is 822 g/mol. The predicted molar refractivity (Wildman–Crippen MR) is 229 cm³/mol. The number of cyclic esters (lactones) is 1. The van der Waals surface area contributed by atoms with Gasteiger partial charge in [0.05, 0.1) is 55.2 Å². The summed E-state index contributed by atoms with van der Waals surface area (Å²) in [6, 6.07) is -0.692. The van der Waals surface area contributed by atoms with Crippen LogP contribution < -0.4 is 0 Å². The summed E-state index contributed by atoms with van der Waals surface area (Å²) in [7, 11) is 4.94. The van der Waals surface area contributed by atoms with E-state index in [0.29, 0.717) is 12.0 Å². The molecule has 3 fully saturated rings. The quantitative estimate of drug-likeness (QED) is 0.140. The van der Waals surface area contributed by atoms with Crippen LogP contribution in [0.2, 0.25) is 0 Å². The summed E-state index contributed by atoms with van der Waals surface area (Å²) in [5, 5.41) is 55.9. The topological polar surface area (TPSA) is 229 Å². The maximum atomic E-state index is 13.7. The number of rotatable bonds is 12. The number of allylic oxidation sites excluding steroid dienone is 3. The van der Waals surface area contributed by atoms with Gasteiger partial charge in [-0.3, -0.25) is 9.59 Å². The first-order valence-electron chi connectivity index (χ1n) is 22.6. The van der Waals surface area contributed by atoms with Gasteiger partial charge in [0.15, 0.2) is 24.7 Å². The minimum absolute atomic E-state index is 0.0494. The fourth-order valence-corrected chi connectivity index (χ4v) is 9.37. The van der Waals surface area contributed by atoms with Crippen LogP contribution in [0, 0.1) is 29.6 Å². The first kappa shape index (κ1) is 53.4. The minimum atomic E-state index is -1.35. The summed E-state index contributed by atoms with van der Waals surface area (Å²) in [5.41, 5.74) is -0.382. The number of hydrogen-bond acceptors (Lipinski definition) is 17. The van der Waals surface area contributed by atoms with E-state index in [1.54, 1.807) is 66.6 Å². The zero-order valence-corrected chi connectivity index (χ0v) is 39.3. The van der Waals surface area contributed by atoms with E-state index >= 15 is 0 Å². The lowest BCUT2D eigenvalue weighted by atomic mass is 9.79. The Morgan fingerprint density at radius 2 is 1.54 bits per heavy atom. The van der Waals surface area contributed by atoms with Crippen molar-refractivity contribution in [3.8, 4) is 0 Å². The van der Waals surface area contributed by atoms with E-state index in [1.165, 1.54) is 13.2 Å². The summed E-state index contributed by atoms with van der Waals surface area (Å²) in [6.45, 7) is 15.9. The Balaban J connectivity index is 1.62. The number of aldehydes is 1. The van der Waals surface area contributed by atoms with Gasteiger partial charge in [-0.1, -0.05) is 45.4 Å². The molecule has 0 aliphatic carbocycles. The second-order valence-corrected chi connectivity index (χ2v) is 18.9. The van der Waals surface area contributed by atoms with Crippen LogP contribution in [0.15, 0.2) is 23.8 Å². The summed E-state index contributed by atoms with van der Waals surface area (Å²) < 4.78 is 49.0. The fraction of sp³-hybridized carbons (Fsp3) is 0.848. The zero-order chi connectivity index (χ0) is 47.1. The Hall–Kier alpha value is -2.23. The van der Waals surface area contributed by atoms with Crippen molar-refractivity contribution in [2.45, 2.75) is 192 Å². The maximum Gasteiger partial charge on any atom is 0.308 e. The maximum absolute atomic E-state index is 13.7. The molecular formula is C46H77NO16. The molecule has 4 heterocycles. The number of ketones is 1. The van der Waals surface area contributed by atoms with Gasteiger partial charge in [0, 0.05) is 43.6 Å². The van der Waals surface area contributed by atoms with Crippen LogP contribution in [0.4, 0.5) is 0 Å². The molecule has 4 aliphatic heterocycles. The van der Waals surface area contributed by atoms with Crippen molar-refractivity contribution in [1.29, 1.82) is 0 Å². The van der Waals surface area contributed by atoms with Gasteiger partial charge in [-0.25, -0.2) is 0 Å². The van der Waals surface area contributed by atoms with Gasteiger partial charge < -0.3 is 73.1 Å².